The van der Waals surface area contributed by atoms with Crippen LogP contribution in [0.3, 0.4) is 0 Å². The Kier molecular flexibility index (Phi) is 6.00. The van der Waals surface area contributed by atoms with Crippen molar-refractivity contribution in [2.24, 2.45) is 0 Å². The highest BCUT2D eigenvalue weighted by Gasteiger charge is 2.60. The minimum absolute atomic E-state index is 0.0808. The number of carbonyl (C=O) groups excluding carboxylic acids is 2. The zero-order chi connectivity index (χ0) is 30.1. The summed E-state index contributed by atoms with van der Waals surface area (Å²) in [6.45, 7) is 3.92. The van der Waals surface area contributed by atoms with Crippen LogP contribution in [0.5, 0.6) is 5.75 Å². The number of carbonyl (C=O) groups is 2. The SMILES string of the molecule is COc1ccccc1[C@H]1CN2C(=O)N(c3ccc(S(=O)(=O)c4ccc(C)cc4)cc3)C(=O)[C@]2(C)c2[nH]c3ccccc3c21. The van der Waals surface area contributed by atoms with Crippen LogP contribution in [0, 0.1) is 6.92 Å². The maximum absolute atomic E-state index is 14.3. The Balaban J connectivity index is 1.32. The van der Waals surface area contributed by atoms with Crippen LogP contribution in [0.15, 0.2) is 107 Å². The van der Waals surface area contributed by atoms with E-state index in [1.807, 2.05) is 55.5 Å². The molecule has 2 aliphatic heterocycles. The number of imide groups is 1. The fraction of sp³-hybridized carbons (Fsp3) is 0.176. The number of aromatic nitrogens is 1. The third-order valence-corrected chi connectivity index (χ3v) is 10.6. The van der Waals surface area contributed by atoms with E-state index in [1.165, 1.54) is 24.3 Å². The predicted octanol–water partition coefficient (Wildman–Crippen LogP) is 6.15. The lowest BCUT2D eigenvalue weighted by Gasteiger charge is -2.40. The molecule has 0 spiro atoms. The number of ether oxygens (including phenoxy) is 1. The average Bonchev–Trinajstić information content (AvgIpc) is 3.50. The number of rotatable bonds is 5. The molecule has 0 saturated carbocycles. The summed E-state index contributed by atoms with van der Waals surface area (Å²) >= 11 is 0. The highest BCUT2D eigenvalue weighted by atomic mass is 32.2. The number of benzene rings is 4. The van der Waals surface area contributed by atoms with Gasteiger partial charge in [0.1, 0.15) is 5.75 Å². The maximum atomic E-state index is 14.3. The van der Waals surface area contributed by atoms with E-state index in [9.17, 15) is 18.0 Å². The molecule has 43 heavy (non-hydrogen) atoms. The van der Waals surface area contributed by atoms with Gasteiger partial charge in [0, 0.05) is 28.9 Å². The van der Waals surface area contributed by atoms with Gasteiger partial charge in [-0.2, -0.15) is 0 Å². The first-order valence-electron chi connectivity index (χ1n) is 14.0. The molecule has 0 radical (unpaired) electrons. The first-order chi connectivity index (χ1) is 20.7. The summed E-state index contributed by atoms with van der Waals surface area (Å²) in [7, 11) is -2.15. The van der Waals surface area contributed by atoms with Gasteiger partial charge in [0.15, 0.2) is 5.54 Å². The van der Waals surface area contributed by atoms with E-state index in [4.69, 9.17) is 4.74 Å². The summed E-state index contributed by atoms with van der Waals surface area (Å²) < 4.78 is 32.2. The van der Waals surface area contributed by atoms with Gasteiger partial charge in [-0.15, -0.1) is 0 Å². The van der Waals surface area contributed by atoms with E-state index in [2.05, 4.69) is 4.98 Å². The number of anilines is 1. The first-order valence-corrected chi connectivity index (χ1v) is 15.5. The number of nitrogens with one attached hydrogen (secondary N) is 1. The van der Waals surface area contributed by atoms with Crippen LogP contribution in [-0.2, 0) is 20.2 Å². The van der Waals surface area contributed by atoms with E-state index < -0.39 is 27.3 Å². The van der Waals surface area contributed by atoms with E-state index >= 15 is 0 Å². The molecule has 2 aliphatic rings. The van der Waals surface area contributed by atoms with Gasteiger partial charge in [-0.3, -0.25) is 4.79 Å². The molecule has 1 aromatic heterocycles. The first kappa shape index (κ1) is 27.0. The Bertz CT molecular complexity index is 2030. The lowest BCUT2D eigenvalue weighted by Crippen LogP contribution is -2.50. The normalized spacial score (nSPS) is 19.9. The molecule has 5 aromatic rings. The highest BCUT2D eigenvalue weighted by Crippen LogP contribution is 2.51. The molecule has 3 amide bonds. The van der Waals surface area contributed by atoms with Crippen molar-refractivity contribution in [2.45, 2.75) is 35.1 Å². The largest absolute Gasteiger partial charge is 0.496 e. The van der Waals surface area contributed by atoms with Gasteiger partial charge in [-0.05, 0) is 67.9 Å². The zero-order valence-electron chi connectivity index (χ0n) is 23.9. The topological polar surface area (TPSA) is 99.8 Å². The number of para-hydroxylation sites is 2. The third-order valence-electron chi connectivity index (χ3n) is 8.78. The van der Waals surface area contributed by atoms with Gasteiger partial charge in [0.2, 0.25) is 9.84 Å². The van der Waals surface area contributed by atoms with E-state index in [-0.39, 0.29) is 22.3 Å². The molecule has 8 nitrogen and oxygen atoms in total. The summed E-state index contributed by atoms with van der Waals surface area (Å²) in [6, 6.07) is 27.7. The van der Waals surface area contributed by atoms with Crippen LogP contribution < -0.4 is 9.64 Å². The Morgan fingerprint density at radius 2 is 1.49 bits per heavy atom. The number of hydrogen-bond donors (Lipinski definition) is 1. The minimum atomic E-state index is -3.77. The van der Waals surface area contributed by atoms with E-state index in [0.717, 1.165) is 32.5 Å². The number of methoxy groups -OCH3 is 1. The molecule has 1 saturated heterocycles. The highest BCUT2D eigenvalue weighted by molar-refractivity contribution is 7.91. The molecule has 0 unspecified atom stereocenters. The van der Waals surface area contributed by atoms with Crippen LogP contribution in [0.25, 0.3) is 10.9 Å². The molecule has 1 N–H and O–H groups in total. The second kappa shape index (κ2) is 9.57. The minimum Gasteiger partial charge on any atom is -0.496 e. The lowest BCUT2D eigenvalue weighted by atomic mass is 9.78. The fourth-order valence-electron chi connectivity index (χ4n) is 6.48. The maximum Gasteiger partial charge on any atom is 0.332 e. The Hall–Kier alpha value is -4.89. The number of aryl methyl sites for hydroxylation is 1. The molecule has 7 rings (SSSR count). The molecular weight excluding hydrogens is 562 g/mol. The Morgan fingerprint density at radius 1 is 0.860 bits per heavy atom. The summed E-state index contributed by atoms with van der Waals surface area (Å²) in [5.74, 6) is 0.0413. The van der Waals surface area contributed by atoms with Crippen LogP contribution in [0.4, 0.5) is 10.5 Å². The number of amides is 3. The molecule has 3 heterocycles. The standard InChI is InChI=1S/C34H29N3O5S/c1-21-12-16-23(17-13-21)43(40,41)24-18-14-22(15-19-24)37-32(38)34(2)31-30(26-9-4-6-10-28(26)35-31)27(20-36(34)33(37)39)25-8-5-7-11-29(25)42-3/h4-19,27,35H,20H2,1-3H3/t27-,34+/m1/s1. The number of sulfone groups is 1. The van der Waals surface area contributed by atoms with Crippen molar-refractivity contribution >= 4 is 38.4 Å². The average molecular weight is 592 g/mol. The van der Waals surface area contributed by atoms with Crippen molar-refractivity contribution < 1.29 is 22.7 Å². The van der Waals surface area contributed by atoms with Crippen molar-refractivity contribution in [3.05, 3.63) is 119 Å². The Morgan fingerprint density at radius 3 is 2.19 bits per heavy atom. The number of nitrogens with zero attached hydrogens (tertiary/aromatic N) is 2. The molecule has 2 atom stereocenters. The number of aromatic amines is 1. The van der Waals surface area contributed by atoms with Crippen LogP contribution in [0.1, 0.15) is 35.2 Å². The monoisotopic (exact) mass is 591 g/mol. The molecule has 1 fully saturated rings. The van der Waals surface area contributed by atoms with Gasteiger partial charge in [-0.25, -0.2) is 18.1 Å². The third kappa shape index (κ3) is 3.84. The van der Waals surface area contributed by atoms with Gasteiger partial charge < -0.3 is 14.6 Å². The summed E-state index contributed by atoms with van der Waals surface area (Å²) in [5.41, 5.74) is 3.38. The number of urea groups is 1. The number of hydrogen-bond acceptors (Lipinski definition) is 5. The van der Waals surface area contributed by atoms with Gasteiger partial charge in [-0.1, -0.05) is 54.1 Å². The zero-order valence-corrected chi connectivity index (χ0v) is 24.7. The van der Waals surface area contributed by atoms with Gasteiger partial charge >= 0.3 is 6.03 Å². The number of H-pyrrole nitrogens is 1. The molecule has 9 heteroatoms. The van der Waals surface area contributed by atoms with E-state index in [0.29, 0.717) is 17.1 Å². The van der Waals surface area contributed by atoms with Crippen LogP contribution >= 0.6 is 0 Å². The second-order valence-corrected chi connectivity index (χ2v) is 13.1. The van der Waals surface area contributed by atoms with Gasteiger partial charge in [0.25, 0.3) is 5.91 Å². The van der Waals surface area contributed by atoms with Crippen LogP contribution in [0.2, 0.25) is 0 Å². The van der Waals surface area contributed by atoms with Crippen molar-refractivity contribution in [3.63, 3.8) is 0 Å². The molecule has 0 bridgehead atoms. The smallest absolute Gasteiger partial charge is 0.332 e. The fourth-order valence-corrected chi connectivity index (χ4v) is 7.74. The summed E-state index contributed by atoms with van der Waals surface area (Å²) in [4.78, 5) is 34.9. The second-order valence-electron chi connectivity index (χ2n) is 11.2. The number of fused-ring (bicyclic) bond motifs is 5. The molecule has 4 aromatic carbocycles. The molecule has 0 aliphatic carbocycles. The quantitative estimate of drug-likeness (QED) is 0.247. The Labute approximate surface area is 249 Å². The van der Waals surface area contributed by atoms with Crippen LogP contribution in [-0.4, -0.2) is 43.9 Å². The van der Waals surface area contributed by atoms with Crippen molar-refractivity contribution in [1.29, 1.82) is 0 Å². The van der Waals surface area contributed by atoms with Crippen molar-refractivity contribution in [1.82, 2.24) is 9.88 Å². The predicted molar refractivity (Wildman–Crippen MR) is 163 cm³/mol. The van der Waals surface area contributed by atoms with Gasteiger partial charge in [0.05, 0.1) is 28.3 Å². The van der Waals surface area contributed by atoms with Crippen molar-refractivity contribution in [3.8, 4) is 5.75 Å². The molecule has 216 valence electrons. The lowest BCUT2D eigenvalue weighted by molar-refractivity contribution is -0.125. The van der Waals surface area contributed by atoms with Crippen molar-refractivity contribution in [2.75, 3.05) is 18.6 Å². The summed E-state index contributed by atoms with van der Waals surface area (Å²) in [6.07, 6.45) is 0. The summed E-state index contributed by atoms with van der Waals surface area (Å²) in [5, 5.41) is 0.985. The van der Waals surface area contributed by atoms with E-state index in [1.54, 1.807) is 43.2 Å². The molecular formula is C34H29N3O5S.